The van der Waals surface area contributed by atoms with Crippen molar-refractivity contribution in [1.29, 1.82) is 0 Å². The van der Waals surface area contributed by atoms with Crippen molar-refractivity contribution in [3.05, 3.63) is 46.2 Å². The molecule has 1 aliphatic rings. The van der Waals surface area contributed by atoms with E-state index in [-0.39, 0.29) is 5.91 Å². The molecule has 0 saturated carbocycles. The second kappa shape index (κ2) is 7.58. The predicted molar refractivity (Wildman–Crippen MR) is 100 cm³/mol. The number of halogens is 1. The number of carbonyl (C=O) groups excluding carboxylic acids is 1. The van der Waals surface area contributed by atoms with E-state index >= 15 is 0 Å². The zero-order chi connectivity index (χ0) is 18.0. The highest BCUT2D eigenvalue weighted by atomic mass is 35.5. The average Bonchev–Trinajstić information content (AvgIpc) is 2.90. The van der Waals surface area contributed by atoms with Crippen molar-refractivity contribution in [1.82, 2.24) is 20.0 Å². The molecule has 3 rings (SSSR count). The number of aryl methyl sites for hydroxylation is 1. The molecule has 25 heavy (non-hydrogen) atoms. The Labute approximate surface area is 154 Å². The van der Waals surface area contributed by atoms with Gasteiger partial charge in [0, 0.05) is 35.4 Å². The molecule has 1 aromatic heterocycles. The summed E-state index contributed by atoms with van der Waals surface area (Å²) in [5.74, 6) is 0.191. The molecule has 6 heteroatoms. The average molecular weight is 361 g/mol. The molecule has 0 atom stereocenters. The highest BCUT2D eigenvalue weighted by Gasteiger charge is 2.24. The Bertz CT molecular complexity index is 746. The molecule has 1 aliphatic heterocycles. The van der Waals surface area contributed by atoms with Crippen molar-refractivity contribution >= 4 is 17.5 Å². The minimum absolute atomic E-state index is 0.191. The first-order valence-electron chi connectivity index (χ1n) is 8.75. The third-order valence-corrected chi connectivity index (χ3v) is 5.35. The molecule has 2 heterocycles. The van der Waals surface area contributed by atoms with E-state index in [9.17, 15) is 4.79 Å². The van der Waals surface area contributed by atoms with Crippen LogP contribution in [0.4, 0.5) is 0 Å². The summed E-state index contributed by atoms with van der Waals surface area (Å²) in [6.07, 6.45) is 2.45. The van der Waals surface area contributed by atoms with Crippen molar-refractivity contribution in [2.45, 2.75) is 39.2 Å². The van der Waals surface area contributed by atoms with E-state index in [1.807, 2.05) is 54.7 Å². The molecule has 0 spiro atoms. The van der Waals surface area contributed by atoms with Crippen molar-refractivity contribution in [3.8, 4) is 5.69 Å². The molecule has 5 nitrogen and oxygen atoms in total. The normalized spacial score (nSPS) is 15.6. The maximum absolute atomic E-state index is 12.7. The molecule has 1 fully saturated rings. The Morgan fingerprint density at radius 1 is 1.24 bits per heavy atom. The van der Waals surface area contributed by atoms with Crippen molar-refractivity contribution in [2.24, 2.45) is 0 Å². The zero-order valence-electron chi connectivity index (χ0n) is 15.1. The first-order chi connectivity index (χ1) is 12.0. The third-order valence-electron chi connectivity index (χ3n) is 5.10. The van der Waals surface area contributed by atoms with Gasteiger partial charge in [-0.1, -0.05) is 11.6 Å². The molecule has 2 aromatic rings. The summed E-state index contributed by atoms with van der Waals surface area (Å²) in [5, 5.41) is 8.62. The number of benzene rings is 1. The quantitative estimate of drug-likeness (QED) is 0.912. The molecule has 0 radical (unpaired) electrons. The Morgan fingerprint density at radius 3 is 2.48 bits per heavy atom. The maximum Gasteiger partial charge on any atom is 0.227 e. The van der Waals surface area contributed by atoms with Crippen molar-refractivity contribution in [3.63, 3.8) is 0 Å². The summed E-state index contributed by atoms with van der Waals surface area (Å²) in [5.41, 5.74) is 3.90. The first kappa shape index (κ1) is 18.0. The van der Waals surface area contributed by atoms with Gasteiger partial charge >= 0.3 is 0 Å². The minimum atomic E-state index is 0.191. The van der Waals surface area contributed by atoms with Gasteiger partial charge in [-0.3, -0.25) is 4.79 Å². The van der Waals surface area contributed by atoms with Gasteiger partial charge in [0.2, 0.25) is 5.91 Å². The summed E-state index contributed by atoms with van der Waals surface area (Å²) < 4.78 is 1.89. The number of amides is 1. The third kappa shape index (κ3) is 3.88. The molecule has 1 aromatic carbocycles. The van der Waals surface area contributed by atoms with Crippen molar-refractivity contribution < 1.29 is 4.79 Å². The SMILES string of the molecule is CNC1CCN(C(=O)Cc2c(C)nn(-c3ccc(Cl)cc3)c2C)CC1. The standard InChI is InChI=1S/C19H25ClN4O/c1-13-18(12-19(25)23-10-8-16(21-3)9-11-23)14(2)24(22-13)17-6-4-15(20)5-7-17/h4-7,16,21H,8-12H2,1-3H3. The fourth-order valence-corrected chi connectivity index (χ4v) is 3.57. The van der Waals surface area contributed by atoms with Crippen LogP contribution in [0.3, 0.4) is 0 Å². The minimum Gasteiger partial charge on any atom is -0.342 e. The number of hydrogen-bond donors (Lipinski definition) is 1. The number of hydrogen-bond acceptors (Lipinski definition) is 3. The monoisotopic (exact) mass is 360 g/mol. The van der Waals surface area contributed by atoms with Crippen LogP contribution in [0.25, 0.3) is 5.69 Å². The fourth-order valence-electron chi connectivity index (χ4n) is 3.45. The summed E-state index contributed by atoms with van der Waals surface area (Å²) in [6.45, 7) is 5.64. The van der Waals surface area contributed by atoms with E-state index in [4.69, 9.17) is 11.6 Å². The lowest BCUT2D eigenvalue weighted by atomic mass is 10.0. The Morgan fingerprint density at radius 2 is 1.88 bits per heavy atom. The molecular formula is C19H25ClN4O. The van der Waals surface area contributed by atoms with Crippen LogP contribution in [-0.2, 0) is 11.2 Å². The highest BCUT2D eigenvalue weighted by molar-refractivity contribution is 6.30. The van der Waals surface area contributed by atoms with E-state index in [1.54, 1.807) is 0 Å². The van der Waals surface area contributed by atoms with Crippen LogP contribution >= 0.6 is 11.6 Å². The van der Waals surface area contributed by atoms with Crippen LogP contribution in [0, 0.1) is 13.8 Å². The second-order valence-electron chi connectivity index (χ2n) is 6.66. The van der Waals surface area contributed by atoms with Crippen LogP contribution in [-0.4, -0.2) is 46.8 Å². The van der Waals surface area contributed by atoms with Gasteiger partial charge in [0.05, 0.1) is 17.8 Å². The first-order valence-corrected chi connectivity index (χ1v) is 9.13. The van der Waals surface area contributed by atoms with E-state index in [1.165, 1.54) is 0 Å². The van der Waals surface area contributed by atoms with E-state index in [0.29, 0.717) is 17.5 Å². The maximum atomic E-state index is 12.7. The summed E-state index contributed by atoms with van der Waals surface area (Å²) in [4.78, 5) is 14.7. The van der Waals surface area contributed by atoms with Gasteiger partial charge in [-0.15, -0.1) is 0 Å². The number of rotatable bonds is 4. The van der Waals surface area contributed by atoms with Crippen LogP contribution < -0.4 is 5.32 Å². The second-order valence-corrected chi connectivity index (χ2v) is 7.09. The van der Waals surface area contributed by atoms with E-state index in [2.05, 4.69) is 10.4 Å². The zero-order valence-corrected chi connectivity index (χ0v) is 15.8. The number of piperidine rings is 1. The van der Waals surface area contributed by atoms with Gasteiger partial charge in [-0.05, 0) is 58.0 Å². The number of carbonyl (C=O) groups is 1. The summed E-state index contributed by atoms with van der Waals surface area (Å²) >= 11 is 5.97. The molecule has 1 amide bonds. The number of aromatic nitrogens is 2. The lowest BCUT2D eigenvalue weighted by molar-refractivity contribution is -0.131. The van der Waals surface area contributed by atoms with Crippen LogP contribution in [0.1, 0.15) is 29.8 Å². The van der Waals surface area contributed by atoms with Gasteiger partial charge in [-0.25, -0.2) is 4.68 Å². The molecule has 0 bridgehead atoms. The number of nitrogens with zero attached hydrogens (tertiary/aromatic N) is 3. The lowest BCUT2D eigenvalue weighted by Gasteiger charge is -2.32. The fraction of sp³-hybridized carbons (Fsp3) is 0.474. The number of nitrogens with one attached hydrogen (secondary N) is 1. The lowest BCUT2D eigenvalue weighted by Crippen LogP contribution is -2.44. The smallest absolute Gasteiger partial charge is 0.227 e. The number of likely N-dealkylation sites (tertiary alicyclic amines) is 1. The van der Waals surface area contributed by atoms with Crippen LogP contribution in [0.15, 0.2) is 24.3 Å². The summed E-state index contributed by atoms with van der Waals surface area (Å²) in [6, 6.07) is 8.11. The van der Waals surface area contributed by atoms with Gasteiger partial charge in [0.1, 0.15) is 0 Å². The van der Waals surface area contributed by atoms with Gasteiger partial charge in [0.25, 0.3) is 0 Å². The van der Waals surface area contributed by atoms with Gasteiger partial charge in [0.15, 0.2) is 0 Å². The highest BCUT2D eigenvalue weighted by Crippen LogP contribution is 2.21. The van der Waals surface area contributed by atoms with E-state index < -0.39 is 0 Å². The van der Waals surface area contributed by atoms with Crippen molar-refractivity contribution in [2.75, 3.05) is 20.1 Å². The van der Waals surface area contributed by atoms with Crippen LogP contribution in [0.2, 0.25) is 5.02 Å². The molecular weight excluding hydrogens is 336 g/mol. The molecule has 0 aliphatic carbocycles. The molecule has 134 valence electrons. The van der Waals surface area contributed by atoms with Gasteiger partial charge < -0.3 is 10.2 Å². The van der Waals surface area contributed by atoms with Gasteiger partial charge in [-0.2, -0.15) is 5.10 Å². The predicted octanol–water partition coefficient (Wildman–Crippen LogP) is 2.90. The van der Waals surface area contributed by atoms with E-state index in [0.717, 1.165) is 48.6 Å². The molecule has 0 unspecified atom stereocenters. The topological polar surface area (TPSA) is 50.2 Å². The summed E-state index contributed by atoms with van der Waals surface area (Å²) in [7, 11) is 1.99. The molecule has 1 N–H and O–H groups in total. The van der Waals surface area contributed by atoms with Crippen LogP contribution in [0.5, 0.6) is 0 Å². The molecule has 1 saturated heterocycles. The largest absolute Gasteiger partial charge is 0.342 e. The Kier molecular flexibility index (Phi) is 5.45. The Hall–Kier alpha value is -1.85. The Balaban J connectivity index is 1.75.